The van der Waals surface area contributed by atoms with E-state index in [-0.39, 0.29) is 5.91 Å². The number of likely N-dealkylation sites (tertiary alicyclic amines) is 1. The predicted molar refractivity (Wildman–Crippen MR) is 85.5 cm³/mol. The number of rotatable bonds is 4. The van der Waals surface area contributed by atoms with Crippen molar-refractivity contribution in [2.45, 2.75) is 40.0 Å². The van der Waals surface area contributed by atoms with E-state index in [2.05, 4.69) is 0 Å². The number of piperidine rings is 1. The minimum atomic E-state index is -0.823. The van der Waals surface area contributed by atoms with Crippen LogP contribution in [-0.2, 0) is 16.0 Å². The van der Waals surface area contributed by atoms with Crippen LogP contribution in [0.2, 0.25) is 0 Å². The zero-order valence-corrected chi connectivity index (χ0v) is 13.6. The first-order valence-corrected chi connectivity index (χ1v) is 7.81. The summed E-state index contributed by atoms with van der Waals surface area (Å²) in [5.41, 5.74) is -0.228. The van der Waals surface area contributed by atoms with Crippen LogP contribution < -0.4 is 0 Å². The van der Waals surface area contributed by atoms with Gasteiger partial charge in [0.25, 0.3) is 0 Å². The Morgan fingerprint density at radius 1 is 1.27 bits per heavy atom. The van der Waals surface area contributed by atoms with E-state index < -0.39 is 16.8 Å². The molecule has 2 rings (SSSR count). The Morgan fingerprint density at radius 3 is 2.50 bits per heavy atom. The van der Waals surface area contributed by atoms with Crippen LogP contribution in [0.3, 0.4) is 0 Å². The van der Waals surface area contributed by atoms with E-state index in [9.17, 15) is 14.7 Å². The van der Waals surface area contributed by atoms with E-state index in [1.54, 1.807) is 11.8 Å². The van der Waals surface area contributed by atoms with Gasteiger partial charge in [-0.05, 0) is 31.7 Å². The molecule has 0 radical (unpaired) electrons. The summed E-state index contributed by atoms with van der Waals surface area (Å²) in [6, 6.07) is 9.94. The number of carbonyl (C=O) groups is 2. The smallest absolute Gasteiger partial charge is 0.311 e. The van der Waals surface area contributed by atoms with Crippen molar-refractivity contribution in [3.05, 3.63) is 35.9 Å². The highest BCUT2D eigenvalue weighted by Gasteiger charge is 2.42. The maximum Gasteiger partial charge on any atom is 0.311 e. The Morgan fingerprint density at radius 2 is 1.91 bits per heavy atom. The van der Waals surface area contributed by atoms with Crippen LogP contribution in [0.1, 0.15) is 39.2 Å². The molecule has 1 atom stereocenters. The third-order valence-corrected chi connectivity index (χ3v) is 4.57. The Balaban J connectivity index is 2.11. The van der Waals surface area contributed by atoms with Gasteiger partial charge in [0.1, 0.15) is 0 Å². The Hall–Kier alpha value is -1.84. The molecule has 1 aromatic carbocycles. The molecule has 0 aromatic heterocycles. The highest BCUT2D eigenvalue weighted by Crippen LogP contribution is 2.33. The largest absolute Gasteiger partial charge is 0.481 e. The van der Waals surface area contributed by atoms with Crippen molar-refractivity contribution in [1.82, 2.24) is 4.90 Å². The maximum absolute atomic E-state index is 12.9. The second-order valence-corrected chi connectivity index (χ2v) is 7.24. The molecule has 1 N–H and O–H groups in total. The van der Waals surface area contributed by atoms with Crippen LogP contribution in [0.4, 0.5) is 0 Å². The third kappa shape index (κ3) is 3.49. The Kier molecular flexibility index (Phi) is 4.59. The molecule has 0 spiro atoms. The third-order valence-electron chi connectivity index (χ3n) is 4.57. The second kappa shape index (κ2) is 6.11. The molecule has 1 heterocycles. The summed E-state index contributed by atoms with van der Waals surface area (Å²) >= 11 is 0. The van der Waals surface area contributed by atoms with Crippen molar-refractivity contribution >= 4 is 11.9 Å². The number of carbonyl (C=O) groups excluding carboxylic acids is 1. The van der Waals surface area contributed by atoms with E-state index in [1.807, 2.05) is 44.2 Å². The van der Waals surface area contributed by atoms with Crippen molar-refractivity contribution in [2.24, 2.45) is 10.8 Å². The molecule has 1 aliphatic rings. The number of nitrogens with zero attached hydrogens (tertiary/aromatic N) is 1. The molecule has 4 heteroatoms. The SMILES string of the molecule is CC(C)(Cc1ccccc1)C(=O)N1CCCC(C)(C(=O)O)C1. The van der Waals surface area contributed by atoms with Gasteiger partial charge in [-0.25, -0.2) is 0 Å². The average molecular weight is 303 g/mol. The van der Waals surface area contributed by atoms with Gasteiger partial charge in [-0.1, -0.05) is 44.2 Å². The first kappa shape index (κ1) is 16.5. The number of carboxylic acids is 1. The monoisotopic (exact) mass is 303 g/mol. The number of aliphatic carboxylic acids is 1. The number of hydrogen-bond donors (Lipinski definition) is 1. The summed E-state index contributed by atoms with van der Waals surface area (Å²) in [6.07, 6.45) is 2.04. The van der Waals surface area contributed by atoms with Gasteiger partial charge in [0, 0.05) is 18.5 Å². The summed E-state index contributed by atoms with van der Waals surface area (Å²) in [5.74, 6) is -0.769. The fraction of sp³-hybridized carbons (Fsp3) is 0.556. The molecule has 1 aromatic rings. The van der Waals surface area contributed by atoms with Crippen LogP contribution in [-0.4, -0.2) is 35.0 Å². The van der Waals surface area contributed by atoms with Gasteiger partial charge < -0.3 is 10.0 Å². The molecule has 1 unspecified atom stereocenters. The van der Waals surface area contributed by atoms with Gasteiger partial charge in [0.15, 0.2) is 0 Å². The molecule has 1 saturated heterocycles. The van der Waals surface area contributed by atoms with Crippen molar-refractivity contribution in [2.75, 3.05) is 13.1 Å². The summed E-state index contributed by atoms with van der Waals surface area (Å²) in [7, 11) is 0. The Bertz CT molecular complexity index is 553. The minimum absolute atomic E-state index is 0.0449. The lowest BCUT2D eigenvalue weighted by Gasteiger charge is -2.41. The van der Waals surface area contributed by atoms with Gasteiger partial charge in [-0.15, -0.1) is 0 Å². The first-order chi connectivity index (χ1) is 10.2. The van der Waals surface area contributed by atoms with Crippen molar-refractivity contribution < 1.29 is 14.7 Å². The van der Waals surface area contributed by atoms with Crippen molar-refractivity contribution in [1.29, 1.82) is 0 Å². The van der Waals surface area contributed by atoms with Gasteiger partial charge in [-0.2, -0.15) is 0 Å². The van der Waals surface area contributed by atoms with Crippen LogP contribution in [0.15, 0.2) is 30.3 Å². The first-order valence-electron chi connectivity index (χ1n) is 7.81. The molecule has 0 saturated carbocycles. The normalized spacial score (nSPS) is 22.4. The van der Waals surface area contributed by atoms with Gasteiger partial charge in [-0.3, -0.25) is 9.59 Å². The number of hydrogen-bond acceptors (Lipinski definition) is 2. The van der Waals surface area contributed by atoms with E-state index in [0.717, 1.165) is 12.0 Å². The van der Waals surface area contributed by atoms with Crippen LogP contribution in [0.5, 0.6) is 0 Å². The standard InChI is InChI=1S/C18H25NO3/c1-17(2,12-14-8-5-4-6-9-14)15(20)19-11-7-10-18(3,13-19)16(21)22/h4-6,8-9H,7,10-13H2,1-3H3,(H,21,22). The quantitative estimate of drug-likeness (QED) is 0.930. The lowest BCUT2D eigenvalue weighted by molar-refractivity contribution is -0.155. The molecule has 1 aliphatic heterocycles. The van der Waals surface area contributed by atoms with E-state index in [1.165, 1.54) is 0 Å². The van der Waals surface area contributed by atoms with Gasteiger partial charge in [0.05, 0.1) is 5.41 Å². The zero-order chi connectivity index (χ0) is 16.4. The topological polar surface area (TPSA) is 57.6 Å². The average Bonchev–Trinajstić information content (AvgIpc) is 2.47. The summed E-state index contributed by atoms with van der Waals surface area (Å²) in [4.78, 5) is 26.1. The van der Waals surface area contributed by atoms with Crippen LogP contribution >= 0.6 is 0 Å². The van der Waals surface area contributed by atoms with E-state index in [0.29, 0.717) is 25.9 Å². The number of benzene rings is 1. The fourth-order valence-electron chi connectivity index (χ4n) is 3.20. The lowest BCUT2D eigenvalue weighted by atomic mass is 9.79. The second-order valence-electron chi connectivity index (χ2n) is 7.24. The fourth-order valence-corrected chi connectivity index (χ4v) is 3.20. The highest BCUT2D eigenvalue weighted by atomic mass is 16.4. The molecule has 4 nitrogen and oxygen atoms in total. The zero-order valence-electron chi connectivity index (χ0n) is 13.6. The van der Waals surface area contributed by atoms with Crippen molar-refractivity contribution in [3.8, 4) is 0 Å². The summed E-state index contributed by atoms with van der Waals surface area (Å²) < 4.78 is 0. The minimum Gasteiger partial charge on any atom is -0.481 e. The summed E-state index contributed by atoms with van der Waals surface area (Å²) in [6.45, 7) is 6.57. The number of amides is 1. The number of carboxylic acid groups (broad SMARTS) is 1. The molecule has 22 heavy (non-hydrogen) atoms. The lowest BCUT2D eigenvalue weighted by Crippen LogP contribution is -2.52. The maximum atomic E-state index is 12.9. The molecule has 1 fully saturated rings. The van der Waals surface area contributed by atoms with Crippen LogP contribution in [0, 0.1) is 10.8 Å². The molecule has 0 bridgehead atoms. The molecule has 0 aliphatic carbocycles. The molecular formula is C18H25NO3. The highest BCUT2D eigenvalue weighted by molar-refractivity contribution is 5.84. The molecule has 120 valence electrons. The predicted octanol–water partition coefficient (Wildman–Crippen LogP) is 2.97. The molecule has 1 amide bonds. The van der Waals surface area contributed by atoms with E-state index >= 15 is 0 Å². The van der Waals surface area contributed by atoms with Gasteiger partial charge >= 0.3 is 5.97 Å². The van der Waals surface area contributed by atoms with Crippen molar-refractivity contribution in [3.63, 3.8) is 0 Å². The van der Waals surface area contributed by atoms with E-state index in [4.69, 9.17) is 0 Å². The summed E-state index contributed by atoms with van der Waals surface area (Å²) in [5, 5.41) is 9.40. The van der Waals surface area contributed by atoms with Crippen LogP contribution in [0.25, 0.3) is 0 Å². The Labute approximate surface area is 132 Å². The van der Waals surface area contributed by atoms with Gasteiger partial charge in [0.2, 0.25) is 5.91 Å². The molecular weight excluding hydrogens is 278 g/mol.